The highest BCUT2D eigenvalue weighted by molar-refractivity contribution is 5.97. The first-order valence-corrected chi connectivity index (χ1v) is 6.95. The van der Waals surface area contributed by atoms with E-state index in [1.54, 1.807) is 18.2 Å². The zero-order valence-electron chi connectivity index (χ0n) is 11.8. The molecule has 4 heteroatoms. The third-order valence-electron chi connectivity index (χ3n) is 3.69. The average molecular weight is 283 g/mol. The molecular formula is C17H17NO3. The molecule has 0 aliphatic carbocycles. The van der Waals surface area contributed by atoms with Crippen LogP contribution in [0, 0.1) is 6.92 Å². The van der Waals surface area contributed by atoms with Gasteiger partial charge in [-0.2, -0.15) is 0 Å². The molecular weight excluding hydrogens is 266 g/mol. The summed E-state index contributed by atoms with van der Waals surface area (Å²) in [6.07, 6.45) is -0.757. The van der Waals surface area contributed by atoms with Gasteiger partial charge in [-0.3, -0.25) is 4.79 Å². The lowest BCUT2D eigenvalue weighted by atomic mass is 9.96. The number of aryl methyl sites for hydroxylation is 1. The van der Waals surface area contributed by atoms with Crippen LogP contribution in [0.15, 0.2) is 42.5 Å². The third-order valence-corrected chi connectivity index (χ3v) is 3.69. The SMILES string of the molecule is Cc1ccccc1C(O)c1ccc2c(c1)C(=O)NCCO2. The first-order chi connectivity index (χ1) is 10.2. The molecule has 0 bridgehead atoms. The maximum absolute atomic E-state index is 12.0. The maximum Gasteiger partial charge on any atom is 0.255 e. The molecule has 1 atom stereocenters. The number of aliphatic hydroxyl groups is 1. The normalized spacial score (nSPS) is 15.4. The second-order valence-corrected chi connectivity index (χ2v) is 5.12. The van der Waals surface area contributed by atoms with Gasteiger partial charge in [-0.25, -0.2) is 0 Å². The fraction of sp³-hybridized carbons (Fsp3) is 0.235. The summed E-state index contributed by atoms with van der Waals surface area (Å²) in [4.78, 5) is 12.0. The van der Waals surface area contributed by atoms with Crippen LogP contribution < -0.4 is 10.1 Å². The summed E-state index contributed by atoms with van der Waals surface area (Å²) in [5.74, 6) is 0.395. The summed E-state index contributed by atoms with van der Waals surface area (Å²) >= 11 is 0. The summed E-state index contributed by atoms with van der Waals surface area (Å²) < 4.78 is 5.52. The van der Waals surface area contributed by atoms with Gasteiger partial charge in [-0.15, -0.1) is 0 Å². The van der Waals surface area contributed by atoms with Crippen molar-refractivity contribution >= 4 is 5.91 Å². The van der Waals surface area contributed by atoms with Crippen LogP contribution in [-0.4, -0.2) is 24.2 Å². The monoisotopic (exact) mass is 283 g/mol. The summed E-state index contributed by atoms with van der Waals surface area (Å²) in [6.45, 7) is 2.90. The topological polar surface area (TPSA) is 58.6 Å². The minimum absolute atomic E-state index is 0.165. The minimum atomic E-state index is -0.757. The van der Waals surface area contributed by atoms with Crippen LogP contribution >= 0.6 is 0 Å². The molecule has 1 unspecified atom stereocenters. The van der Waals surface area contributed by atoms with Gasteiger partial charge in [0, 0.05) is 0 Å². The third kappa shape index (κ3) is 2.62. The molecule has 0 aromatic heterocycles. The van der Waals surface area contributed by atoms with Gasteiger partial charge in [-0.05, 0) is 35.7 Å². The lowest BCUT2D eigenvalue weighted by molar-refractivity contribution is 0.0957. The highest BCUT2D eigenvalue weighted by atomic mass is 16.5. The first-order valence-electron chi connectivity index (χ1n) is 6.95. The Morgan fingerprint density at radius 2 is 2.05 bits per heavy atom. The molecule has 2 aromatic rings. The summed E-state index contributed by atoms with van der Waals surface area (Å²) in [6, 6.07) is 12.9. The van der Waals surface area contributed by atoms with Gasteiger partial charge >= 0.3 is 0 Å². The van der Waals surface area contributed by atoms with Crippen LogP contribution in [0.5, 0.6) is 5.75 Å². The molecule has 0 saturated heterocycles. The van der Waals surface area contributed by atoms with E-state index < -0.39 is 6.10 Å². The van der Waals surface area contributed by atoms with Gasteiger partial charge in [0.1, 0.15) is 18.5 Å². The van der Waals surface area contributed by atoms with Gasteiger partial charge in [0.2, 0.25) is 0 Å². The van der Waals surface area contributed by atoms with E-state index in [2.05, 4.69) is 5.32 Å². The maximum atomic E-state index is 12.0. The van der Waals surface area contributed by atoms with E-state index in [-0.39, 0.29) is 5.91 Å². The van der Waals surface area contributed by atoms with Gasteiger partial charge in [0.25, 0.3) is 5.91 Å². The van der Waals surface area contributed by atoms with Crippen LogP contribution in [0.2, 0.25) is 0 Å². The smallest absolute Gasteiger partial charge is 0.255 e. The van der Waals surface area contributed by atoms with Crippen molar-refractivity contribution in [2.45, 2.75) is 13.0 Å². The molecule has 0 spiro atoms. The highest BCUT2D eigenvalue weighted by Crippen LogP contribution is 2.29. The summed E-state index contributed by atoms with van der Waals surface area (Å²) in [5.41, 5.74) is 3.01. The number of amides is 1. The van der Waals surface area contributed by atoms with Crippen LogP contribution in [0.1, 0.15) is 33.2 Å². The number of carbonyl (C=O) groups is 1. The largest absolute Gasteiger partial charge is 0.491 e. The Hall–Kier alpha value is -2.33. The number of benzene rings is 2. The number of carbonyl (C=O) groups excluding carboxylic acids is 1. The second-order valence-electron chi connectivity index (χ2n) is 5.12. The van der Waals surface area contributed by atoms with Crippen molar-refractivity contribution in [3.8, 4) is 5.75 Å². The minimum Gasteiger partial charge on any atom is -0.491 e. The zero-order valence-corrected chi connectivity index (χ0v) is 11.8. The molecule has 108 valence electrons. The predicted molar refractivity (Wildman–Crippen MR) is 79.5 cm³/mol. The highest BCUT2D eigenvalue weighted by Gasteiger charge is 2.20. The molecule has 2 aromatic carbocycles. The molecule has 3 rings (SSSR count). The van der Waals surface area contributed by atoms with Gasteiger partial charge < -0.3 is 15.2 Å². The van der Waals surface area contributed by atoms with Crippen LogP contribution in [0.25, 0.3) is 0 Å². The van der Waals surface area contributed by atoms with Crippen molar-refractivity contribution in [3.63, 3.8) is 0 Å². The van der Waals surface area contributed by atoms with E-state index >= 15 is 0 Å². The number of fused-ring (bicyclic) bond motifs is 1. The molecule has 1 heterocycles. The molecule has 1 aliphatic rings. The molecule has 21 heavy (non-hydrogen) atoms. The van der Waals surface area contributed by atoms with Gasteiger partial charge in [0.15, 0.2) is 0 Å². The van der Waals surface area contributed by atoms with Crippen LogP contribution in [0.4, 0.5) is 0 Å². The van der Waals surface area contributed by atoms with Crippen LogP contribution in [-0.2, 0) is 0 Å². The number of rotatable bonds is 2. The second kappa shape index (κ2) is 5.58. The zero-order chi connectivity index (χ0) is 14.8. The number of hydrogen-bond donors (Lipinski definition) is 2. The van der Waals surface area contributed by atoms with Crippen molar-refractivity contribution in [3.05, 3.63) is 64.7 Å². The Labute approximate surface area is 123 Å². The number of ether oxygens (including phenoxy) is 1. The Balaban J connectivity index is 2.00. The van der Waals surface area contributed by atoms with Crippen LogP contribution in [0.3, 0.4) is 0 Å². The van der Waals surface area contributed by atoms with Crippen molar-refractivity contribution in [1.29, 1.82) is 0 Å². The Kier molecular flexibility index (Phi) is 3.62. The van der Waals surface area contributed by atoms with E-state index in [0.29, 0.717) is 30.0 Å². The fourth-order valence-corrected chi connectivity index (χ4v) is 2.51. The van der Waals surface area contributed by atoms with E-state index in [9.17, 15) is 9.90 Å². The molecule has 0 saturated carbocycles. The first kappa shape index (κ1) is 13.6. The lowest BCUT2D eigenvalue weighted by Gasteiger charge is -2.15. The molecule has 4 nitrogen and oxygen atoms in total. The molecule has 1 amide bonds. The Morgan fingerprint density at radius 3 is 2.86 bits per heavy atom. The van der Waals surface area contributed by atoms with Crippen molar-refractivity contribution in [2.75, 3.05) is 13.2 Å². The number of nitrogens with one attached hydrogen (secondary N) is 1. The fourth-order valence-electron chi connectivity index (χ4n) is 2.51. The van der Waals surface area contributed by atoms with Gasteiger partial charge in [-0.1, -0.05) is 30.3 Å². The molecule has 1 aliphatic heterocycles. The average Bonchev–Trinajstić information content (AvgIpc) is 2.69. The van der Waals surface area contributed by atoms with Gasteiger partial charge in [0.05, 0.1) is 12.1 Å². The van der Waals surface area contributed by atoms with Crippen molar-refractivity contribution in [1.82, 2.24) is 5.32 Å². The molecule has 2 N–H and O–H groups in total. The van der Waals surface area contributed by atoms with E-state index in [1.807, 2.05) is 31.2 Å². The quantitative estimate of drug-likeness (QED) is 0.888. The lowest BCUT2D eigenvalue weighted by Crippen LogP contribution is -2.24. The van der Waals surface area contributed by atoms with E-state index in [0.717, 1.165) is 11.1 Å². The standard InChI is InChI=1S/C17H17NO3/c1-11-4-2-3-5-13(11)16(19)12-6-7-15-14(10-12)17(20)18-8-9-21-15/h2-7,10,16,19H,8-9H2,1H3,(H,18,20). The number of aliphatic hydroxyl groups excluding tert-OH is 1. The summed E-state index contributed by atoms with van der Waals surface area (Å²) in [7, 11) is 0. The number of hydrogen-bond acceptors (Lipinski definition) is 3. The Morgan fingerprint density at radius 1 is 1.24 bits per heavy atom. The van der Waals surface area contributed by atoms with E-state index in [1.165, 1.54) is 0 Å². The summed E-state index contributed by atoms with van der Waals surface area (Å²) in [5, 5.41) is 13.3. The predicted octanol–water partition coefficient (Wildman–Crippen LogP) is 2.20. The van der Waals surface area contributed by atoms with Crippen molar-refractivity contribution < 1.29 is 14.6 Å². The Bertz CT molecular complexity index is 681. The van der Waals surface area contributed by atoms with Crippen molar-refractivity contribution in [2.24, 2.45) is 0 Å². The molecule has 0 radical (unpaired) electrons. The van der Waals surface area contributed by atoms with E-state index in [4.69, 9.17) is 4.74 Å². The molecule has 0 fully saturated rings.